The maximum Gasteiger partial charge on any atom is 0.418 e. The molecule has 2 fully saturated rings. The lowest BCUT2D eigenvalue weighted by Gasteiger charge is -2.30. The van der Waals surface area contributed by atoms with Gasteiger partial charge in [0.15, 0.2) is 0 Å². The van der Waals surface area contributed by atoms with Crippen LogP contribution in [0.5, 0.6) is 0 Å². The topological polar surface area (TPSA) is 166 Å². The van der Waals surface area contributed by atoms with Crippen LogP contribution in [0.25, 0.3) is 0 Å². The lowest BCUT2D eigenvalue weighted by atomic mass is 10.0. The van der Waals surface area contributed by atoms with E-state index in [1.807, 2.05) is 0 Å². The fourth-order valence-electron chi connectivity index (χ4n) is 3.59. The maximum absolute atomic E-state index is 12.5. The molecule has 2 bridgehead atoms. The lowest BCUT2D eigenvalue weighted by Crippen LogP contribution is -2.50. The Labute approximate surface area is 153 Å². The monoisotopic (exact) mass is 402 g/mol. The van der Waals surface area contributed by atoms with Gasteiger partial charge in [0.2, 0.25) is 0 Å². The predicted octanol–water partition coefficient (Wildman–Crippen LogP) is -1.40. The summed E-state index contributed by atoms with van der Waals surface area (Å²) in [6, 6.07) is -2.18. The second kappa shape index (κ2) is 6.72. The second-order valence-electron chi connectivity index (χ2n) is 6.52. The quantitative estimate of drug-likeness (QED) is 0.342. The highest BCUT2D eigenvalue weighted by Crippen LogP contribution is 2.31. The van der Waals surface area contributed by atoms with E-state index in [4.69, 9.17) is 9.39 Å². The summed E-state index contributed by atoms with van der Waals surface area (Å²) >= 11 is 0. The third-order valence-electron chi connectivity index (χ3n) is 4.83. The summed E-state index contributed by atoms with van der Waals surface area (Å²) < 4.78 is 34.9. The van der Waals surface area contributed by atoms with Gasteiger partial charge in [-0.1, -0.05) is 0 Å². The van der Waals surface area contributed by atoms with E-state index in [-0.39, 0.29) is 6.54 Å². The van der Waals surface area contributed by atoms with Gasteiger partial charge in [0, 0.05) is 25.2 Å². The SMILES string of the molecule is O=C(NOC1CNCc2[nH]ncc21)[C@@H]1CCC2CN1C(=O)N2OS(=O)(=O)O. The van der Waals surface area contributed by atoms with Crippen LogP contribution in [0, 0.1) is 0 Å². The molecule has 1 aromatic heterocycles. The Bertz CT molecular complexity index is 857. The first-order chi connectivity index (χ1) is 12.8. The zero-order chi connectivity index (χ0) is 19.2. The van der Waals surface area contributed by atoms with Gasteiger partial charge in [0.1, 0.15) is 12.1 Å². The Balaban J connectivity index is 1.39. The molecule has 13 nitrogen and oxygen atoms in total. The van der Waals surface area contributed by atoms with E-state index in [2.05, 4.69) is 25.3 Å². The predicted molar refractivity (Wildman–Crippen MR) is 85.6 cm³/mol. The molecular weight excluding hydrogens is 384 g/mol. The lowest BCUT2D eigenvalue weighted by molar-refractivity contribution is -0.144. The number of carbonyl (C=O) groups excluding carboxylic acids is 2. The van der Waals surface area contributed by atoms with Gasteiger partial charge in [0.25, 0.3) is 5.91 Å². The fraction of sp³-hybridized carbons (Fsp3) is 0.615. The highest BCUT2D eigenvalue weighted by atomic mass is 32.3. The maximum atomic E-state index is 12.5. The van der Waals surface area contributed by atoms with E-state index in [1.54, 1.807) is 6.20 Å². The van der Waals surface area contributed by atoms with Crippen LogP contribution in [0.15, 0.2) is 6.20 Å². The number of nitrogens with one attached hydrogen (secondary N) is 3. The van der Waals surface area contributed by atoms with Crippen LogP contribution < -0.4 is 10.8 Å². The minimum absolute atomic E-state index is 0.114. The van der Waals surface area contributed by atoms with Crippen LogP contribution in [0.4, 0.5) is 4.79 Å². The number of urea groups is 1. The van der Waals surface area contributed by atoms with Crippen LogP contribution in [0.3, 0.4) is 0 Å². The van der Waals surface area contributed by atoms with Gasteiger partial charge in [0.05, 0.1) is 17.9 Å². The van der Waals surface area contributed by atoms with Crippen molar-refractivity contribution in [2.75, 3.05) is 13.1 Å². The summed E-state index contributed by atoms with van der Waals surface area (Å²) in [5.74, 6) is -0.522. The first kappa shape index (κ1) is 18.1. The molecule has 0 spiro atoms. The molecule has 2 saturated heterocycles. The fourth-order valence-corrected chi connectivity index (χ4v) is 3.97. The normalized spacial score (nSPS) is 27.6. The van der Waals surface area contributed by atoms with E-state index >= 15 is 0 Å². The van der Waals surface area contributed by atoms with Crippen LogP contribution in [0.2, 0.25) is 0 Å². The van der Waals surface area contributed by atoms with Crippen molar-refractivity contribution in [1.82, 2.24) is 31.0 Å². The highest BCUT2D eigenvalue weighted by molar-refractivity contribution is 7.80. The van der Waals surface area contributed by atoms with Crippen molar-refractivity contribution in [3.05, 3.63) is 17.5 Å². The summed E-state index contributed by atoms with van der Waals surface area (Å²) in [6.45, 7) is 1.22. The van der Waals surface area contributed by atoms with Gasteiger partial charge >= 0.3 is 16.4 Å². The number of fused-ring (bicyclic) bond motifs is 3. The average Bonchev–Trinajstić information content (AvgIpc) is 3.19. The largest absolute Gasteiger partial charge is 0.418 e. The van der Waals surface area contributed by atoms with E-state index in [0.717, 1.165) is 11.3 Å². The van der Waals surface area contributed by atoms with Gasteiger partial charge in [-0.25, -0.2) is 10.3 Å². The number of nitrogens with zero attached hydrogens (tertiary/aromatic N) is 3. The number of aromatic nitrogens is 2. The molecule has 3 aliphatic heterocycles. The van der Waals surface area contributed by atoms with Crippen molar-refractivity contribution in [3.8, 4) is 0 Å². The summed E-state index contributed by atoms with van der Waals surface area (Å²) in [4.78, 5) is 31.5. The number of piperidine rings is 1. The van der Waals surface area contributed by atoms with Crippen LogP contribution >= 0.6 is 0 Å². The van der Waals surface area contributed by atoms with E-state index in [9.17, 15) is 18.0 Å². The number of rotatable bonds is 5. The molecular formula is C13H18N6O7S. The summed E-state index contributed by atoms with van der Waals surface area (Å²) in [5, 5.41) is 10.5. The number of H-pyrrole nitrogens is 1. The van der Waals surface area contributed by atoms with Crippen molar-refractivity contribution >= 4 is 22.3 Å². The molecule has 3 amide bonds. The molecule has 0 aromatic carbocycles. The molecule has 0 aliphatic carbocycles. The average molecular weight is 402 g/mol. The number of hydrogen-bond donors (Lipinski definition) is 4. The molecule has 0 saturated carbocycles. The Morgan fingerprint density at radius 1 is 1.41 bits per heavy atom. The Morgan fingerprint density at radius 3 is 3.00 bits per heavy atom. The first-order valence-electron chi connectivity index (χ1n) is 8.28. The van der Waals surface area contributed by atoms with Crippen molar-refractivity contribution in [2.24, 2.45) is 0 Å². The van der Waals surface area contributed by atoms with E-state index < -0.39 is 40.5 Å². The number of carbonyl (C=O) groups is 2. The summed E-state index contributed by atoms with van der Waals surface area (Å²) in [7, 11) is -4.83. The minimum atomic E-state index is -4.83. The molecule has 27 heavy (non-hydrogen) atoms. The molecule has 1 aromatic rings. The molecule has 148 valence electrons. The number of amides is 3. The second-order valence-corrected chi connectivity index (χ2v) is 7.52. The van der Waals surface area contributed by atoms with Gasteiger partial charge in [-0.3, -0.25) is 19.3 Å². The molecule has 4 rings (SSSR count). The van der Waals surface area contributed by atoms with Gasteiger partial charge < -0.3 is 10.2 Å². The summed E-state index contributed by atoms with van der Waals surface area (Å²) in [6.07, 6.45) is 1.84. The zero-order valence-corrected chi connectivity index (χ0v) is 14.8. The van der Waals surface area contributed by atoms with E-state index in [1.165, 1.54) is 4.90 Å². The molecule has 3 atom stereocenters. The number of hydroxylamine groups is 3. The number of hydrogen-bond acceptors (Lipinski definition) is 8. The third-order valence-corrected chi connectivity index (χ3v) is 5.18. The molecule has 4 N–H and O–H groups in total. The standard InChI is InChI=1S/C13H18N6O7S/c20-12(17-25-11-5-14-4-9-8(11)3-15-16-9)10-2-1-7-6-18(10)13(21)19(7)26-27(22,23)24/h3,7,10-11,14H,1-2,4-6H2,(H,15,16)(H,17,20)(H,22,23,24)/t7?,10-,11?/m0/s1. The molecule has 4 heterocycles. The zero-order valence-electron chi connectivity index (χ0n) is 14.0. The highest BCUT2D eigenvalue weighted by Gasteiger charge is 2.49. The van der Waals surface area contributed by atoms with Crippen LogP contribution in [0.1, 0.15) is 30.2 Å². The Morgan fingerprint density at radius 2 is 2.22 bits per heavy atom. The Kier molecular flexibility index (Phi) is 4.51. The van der Waals surface area contributed by atoms with Crippen LogP contribution in [-0.2, 0) is 30.9 Å². The Hall–Kier alpha value is -2.26. The first-order valence-corrected chi connectivity index (χ1v) is 9.65. The van der Waals surface area contributed by atoms with Crippen molar-refractivity contribution in [2.45, 2.75) is 37.6 Å². The smallest absolute Gasteiger partial charge is 0.309 e. The van der Waals surface area contributed by atoms with Gasteiger partial charge in [-0.05, 0) is 12.8 Å². The molecule has 2 unspecified atom stereocenters. The van der Waals surface area contributed by atoms with Crippen molar-refractivity contribution < 1.29 is 31.7 Å². The minimum Gasteiger partial charge on any atom is -0.309 e. The molecule has 0 radical (unpaired) electrons. The van der Waals surface area contributed by atoms with Gasteiger partial charge in [-0.2, -0.15) is 18.6 Å². The molecule has 14 heteroatoms. The van der Waals surface area contributed by atoms with E-state index in [0.29, 0.717) is 31.0 Å². The third kappa shape index (κ3) is 3.49. The summed E-state index contributed by atoms with van der Waals surface area (Å²) in [5.41, 5.74) is 4.08. The number of aromatic amines is 1. The van der Waals surface area contributed by atoms with Crippen LogP contribution in [-0.4, -0.2) is 70.2 Å². The van der Waals surface area contributed by atoms with Crippen molar-refractivity contribution in [3.63, 3.8) is 0 Å². The van der Waals surface area contributed by atoms with Gasteiger partial charge in [-0.15, -0.1) is 4.28 Å². The van der Waals surface area contributed by atoms with Crippen molar-refractivity contribution in [1.29, 1.82) is 0 Å². The molecule has 3 aliphatic rings.